The predicted octanol–water partition coefficient (Wildman–Crippen LogP) is 3.77. The highest BCUT2D eigenvalue weighted by Crippen LogP contribution is 2.40. The first-order chi connectivity index (χ1) is 11.6. The number of esters is 2. The average molecular weight is 373 g/mol. The van der Waals surface area contributed by atoms with Crippen LogP contribution in [0.1, 0.15) is 67.7 Å². The van der Waals surface area contributed by atoms with E-state index in [2.05, 4.69) is 6.58 Å². The molecule has 0 aromatic heterocycles. The molecule has 0 rings (SSSR count). The van der Waals surface area contributed by atoms with Gasteiger partial charge in [0.15, 0.2) is 6.61 Å². The molecule has 152 valence electrons. The number of hydrogen-bond acceptors (Lipinski definition) is 6. The summed E-state index contributed by atoms with van der Waals surface area (Å²) in [6, 6.07) is 0. The molecular weight excluding hydrogens is 336 g/mol. The monoisotopic (exact) mass is 372 g/mol. The first-order valence-corrected chi connectivity index (χ1v) is 9.04. The lowest BCUT2D eigenvalue weighted by molar-refractivity contribution is -0.167. The van der Waals surface area contributed by atoms with Gasteiger partial charge in [0.1, 0.15) is 0 Å². The summed E-state index contributed by atoms with van der Waals surface area (Å²) in [5, 5.41) is 19.5. The van der Waals surface area contributed by atoms with Crippen LogP contribution in [0.5, 0.6) is 0 Å². The lowest BCUT2D eigenvalue weighted by atomic mass is 9.67. The van der Waals surface area contributed by atoms with Gasteiger partial charge in [0.2, 0.25) is 0 Å². The number of carbonyl (C=O) groups excluding carboxylic acids is 2. The zero-order valence-corrected chi connectivity index (χ0v) is 17.3. The molecule has 0 bridgehead atoms. The molecule has 0 saturated heterocycles. The van der Waals surface area contributed by atoms with Crippen LogP contribution in [0.25, 0.3) is 0 Å². The van der Waals surface area contributed by atoms with Crippen LogP contribution in [-0.2, 0) is 19.1 Å². The standard InChI is InChI=1S/C20H36O6/c1-9-20(24,12-14(2)21)10-11-25-15(22)13-26-17(23)16(18(3,4)5)19(6,7)8/h16,21,24H,2,9-13H2,1,3-8H3. The number of rotatable bonds is 9. The Kier molecular flexibility index (Phi) is 8.83. The van der Waals surface area contributed by atoms with Crippen molar-refractivity contribution in [2.75, 3.05) is 13.2 Å². The Hall–Kier alpha value is -1.56. The quantitative estimate of drug-likeness (QED) is 0.473. The maximum atomic E-state index is 12.4. The molecule has 0 spiro atoms. The van der Waals surface area contributed by atoms with Gasteiger partial charge in [0, 0.05) is 12.8 Å². The van der Waals surface area contributed by atoms with Gasteiger partial charge in [-0.2, -0.15) is 0 Å². The van der Waals surface area contributed by atoms with Crippen LogP contribution < -0.4 is 0 Å². The Balaban J connectivity index is 4.54. The normalized spacial score (nSPS) is 14.7. The van der Waals surface area contributed by atoms with E-state index in [0.29, 0.717) is 6.42 Å². The summed E-state index contributed by atoms with van der Waals surface area (Å²) >= 11 is 0. The highest BCUT2D eigenvalue weighted by Gasteiger charge is 2.41. The molecule has 2 N–H and O–H groups in total. The first kappa shape index (κ1) is 24.4. The van der Waals surface area contributed by atoms with Crippen LogP contribution >= 0.6 is 0 Å². The lowest BCUT2D eigenvalue weighted by Gasteiger charge is -2.38. The molecule has 0 amide bonds. The van der Waals surface area contributed by atoms with Crippen molar-refractivity contribution in [3.8, 4) is 0 Å². The SMILES string of the molecule is C=C(O)CC(O)(CC)CCOC(=O)COC(=O)C(C(C)(C)C)C(C)(C)C. The highest BCUT2D eigenvalue weighted by atomic mass is 16.6. The molecular formula is C20H36O6. The van der Waals surface area contributed by atoms with Gasteiger partial charge in [-0.25, -0.2) is 4.79 Å². The van der Waals surface area contributed by atoms with Gasteiger partial charge < -0.3 is 19.7 Å². The summed E-state index contributed by atoms with van der Waals surface area (Å²) in [5.74, 6) is -1.58. The van der Waals surface area contributed by atoms with Gasteiger partial charge in [-0.3, -0.25) is 4.79 Å². The number of aliphatic hydroxyl groups excluding tert-OH is 1. The second-order valence-electron chi connectivity index (χ2n) is 9.06. The van der Waals surface area contributed by atoms with Crippen LogP contribution in [0.15, 0.2) is 12.3 Å². The smallest absolute Gasteiger partial charge is 0.344 e. The first-order valence-electron chi connectivity index (χ1n) is 9.04. The summed E-state index contributed by atoms with van der Waals surface area (Å²) < 4.78 is 10.2. The molecule has 0 heterocycles. The van der Waals surface area contributed by atoms with E-state index in [1.165, 1.54) is 0 Å². The third kappa shape index (κ3) is 8.70. The van der Waals surface area contributed by atoms with E-state index in [1.807, 2.05) is 41.5 Å². The fourth-order valence-electron chi connectivity index (χ4n) is 3.39. The summed E-state index contributed by atoms with van der Waals surface area (Å²) in [5.41, 5.74) is -1.78. The van der Waals surface area contributed by atoms with Crippen molar-refractivity contribution in [3.05, 3.63) is 12.3 Å². The third-order valence-corrected chi connectivity index (χ3v) is 4.32. The van der Waals surface area contributed by atoms with E-state index >= 15 is 0 Å². The maximum absolute atomic E-state index is 12.4. The van der Waals surface area contributed by atoms with E-state index in [9.17, 15) is 19.8 Å². The fraction of sp³-hybridized carbons (Fsp3) is 0.800. The molecule has 0 aliphatic carbocycles. The molecule has 0 aliphatic heterocycles. The van der Waals surface area contributed by atoms with Crippen molar-refractivity contribution in [3.63, 3.8) is 0 Å². The molecule has 0 aromatic rings. The van der Waals surface area contributed by atoms with Gasteiger partial charge in [-0.15, -0.1) is 0 Å². The third-order valence-electron chi connectivity index (χ3n) is 4.32. The van der Waals surface area contributed by atoms with Crippen molar-refractivity contribution in [2.24, 2.45) is 16.7 Å². The van der Waals surface area contributed by atoms with Crippen molar-refractivity contribution < 1.29 is 29.3 Å². The highest BCUT2D eigenvalue weighted by molar-refractivity contribution is 5.78. The summed E-state index contributed by atoms with van der Waals surface area (Å²) in [6.07, 6.45) is 0.572. The largest absolute Gasteiger partial charge is 0.513 e. The minimum Gasteiger partial charge on any atom is -0.513 e. The van der Waals surface area contributed by atoms with Crippen LogP contribution in [0.4, 0.5) is 0 Å². The van der Waals surface area contributed by atoms with Crippen LogP contribution in [0, 0.1) is 16.7 Å². The van der Waals surface area contributed by atoms with Crippen LogP contribution in [0.3, 0.4) is 0 Å². The number of carbonyl (C=O) groups is 2. The number of aliphatic hydroxyl groups is 2. The van der Waals surface area contributed by atoms with E-state index < -0.39 is 24.1 Å². The van der Waals surface area contributed by atoms with Crippen molar-refractivity contribution >= 4 is 11.9 Å². The fourth-order valence-corrected chi connectivity index (χ4v) is 3.39. The molecule has 0 radical (unpaired) electrons. The van der Waals surface area contributed by atoms with E-state index in [1.54, 1.807) is 6.92 Å². The second kappa shape index (κ2) is 9.40. The average Bonchev–Trinajstić information content (AvgIpc) is 2.41. The number of ether oxygens (including phenoxy) is 2. The molecule has 1 atom stereocenters. The Morgan fingerprint density at radius 3 is 1.92 bits per heavy atom. The van der Waals surface area contributed by atoms with Crippen LogP contribution in [0.2, 0.25) is 0 Å². The number of hydrogen-bond donors (Lipinski definition) is 2. The molecule has 6 heteroatoms. The van der Waals surface area contributed by atoms with E-state index in [4.69, 9.17) is 9.47 Å². The van der Waals surface area contributed by atoms with E-state index in [0.717, 1.165) is 0 Å². The zero-order chi connectivity index (χ0) is 20.8. The minimum atomic E-state index is -1.17. The topological polar surface area (TPSA) is 93.1 Å². The Morgan fingerprint density at radius 1 is 1.04 bits per heavy atom. The molecule has 6 nitrogen and oxygen atoms in total. The zero-order valence-electron chi connectivity index (χ0n) is 17.3. The Labute approximate surface area is 157 Å². The molecule has 0 saturated carbocycles. The van der Waals surface area contributed by atoms with Gasteiger partial charge in [0.05, 0.1) is 23.9 Å². The van der Waals surface area contributed by atoms with Gasteiger partial charge in [-0.1, -0.05) is 55.0 Å². The Bertz CT molecular complexity index is 483. The van der Waals surface area contributed by atoms with Gasteiger partial charge in [0.25, 0.3) is 0 Å². The van der Waals surface area contributed by atoms with Crippen LogP contribution in [-0.4, -0.2) is 41.0 Å². The van der Waals surface area contributed by atoms with Crippen molar-refractivity contribution in [1.29, 1.82) is 0 Å². The second-order valence-corrected chi connectivity index (χ2v) is 9.06. The van der Waals surface area contributed by atoms with Crippen molar-refractivity contribution in [1.82, 2.24) is 0 Å². The summed E-state index contributed by atoms with van der Waals surface area (Å²) in [6.45, 7) is 16.4. The summed E-state index contributed by atoms with van der Waals surface area (Å²) in [4.78, 5) is 24.3. The Morgan fingerprint density at radius 2 is 1.54 bits per heavy atom. The lowest BCUT2D eigenvalue weighted by Crippen LogP contribution is -2.40. The minimum absolute atomic E-state index is 0.0227. The molecule has 0 aromatic carbocycles. The van der Waals surface area contributed by atoms with Gasteiger partial charge >= 0.3 is 11.9 Å². The predicted molar refractivity (Wildman–Crippen MR) is 101 cm³/mol. The van der Waals surface area contributed by atoms with Crippen molar-refractivity contribution in [2.45, 2.75) is 73.3 Å². The molecule has 26 heavy (non-hydrogen) atoms. The molecule has 0 fully saturated rings. The molecule has 0 aliphatic rings. The van der Waals surface area contributed by atoms with Gasteiger partial charge in [-0.05, 0) is 17.3 Å². The summed E-state index contributed by atoms with van der Waals surface area (Å²) in [7, 11) is 0. The maximum Gasteiger partial charge on any atom is 0.344 e. The molecule has 1 unspecified atom stereocenters. The van der Waals surface area contributed by atoms with E-state index in [-0.39, 0.29) is 42.0 Å².